The Kier molecular flexibility index (Phi) is 3.12. The summed E-state index contributed by atoms with van der Waals surface area (Å²) in [6.07, 6.45) is 0. The number of hydrogen-bond donors (Lipinski definition) is 1. The molecule has 0 unspecified atom stereocenters. The van der Waals surface area contributed by atoms with Crippen molar-refractivity contribution in [3.63, 3.8) is 0 Å². The van der Waals surface area contributed by atoms with Gasteiger partial charge in [-0.2, -0.15) is 0 Å². The number of nitrogens with one attached hydrogen (secondary N) is 1. The standard InChI is InChI=1S/C16H18N4O/c1-9(2)13-11(4)15(19-21)20-16(13)17-14(18-20)12-7-5-10(3)6-8-12/h5-9H,1-4H3,(H,17,18). The molecule has 0 fully saturated rings. The summed E-state index contributed by atoms with van der Waals surface area (Å²) in [6, 6.07) is 8.12. The molecule has 21 heavy (non-hydrogen) atoms. The van der Waals surface area contributed by atoms with E-state index in [1.807, 2.05) is 38.1 Å². The van der Waals surface area contributed by atoms with Crippen LogP contribution in [0.1, 0.15) is 36.5 Å². The van der Waals surface area contributed by atoms with Crippen molar-refractivity contribution in [2.75, 3.05) is 0 Å². The summed E-state index contributed by atoms with van der Waals surface area (Å²) in [7, 11) is 0. The number of aromatic amines is 1. The number of aromatic nitrogens is 3. The fourth-order valence-corrected chi connectivity index (χ4v) is 2.77. The van der Waals surface area contributed by atoms with Gasteiger partial charge in [0.15, 0.2) is 11.5 Å². The first-order chi connectivity index (χ1) is 10.0. The molecule has 0 atom stereocenters. The second-order valence-electron chi connectivity index (χ2n) is 5.71. The third-order valence-corrected chi connectivity index (χ3v) is 3.83. The van der Waals surface area contributed by atoms with E-state index in [0.29, 0.717) is 5.82 Å². The first-order valence-electron chi connectivity index (χ1n) is 7.04. The molecule has 0 saturated carbocycles. The monoisotopic (exact) mass is 282 g/mol. The van der Waals surface area contributed by atoms with E-state index in [2.05, 4.69) is 29.1 Å². The molecule has 0 spiro atoms. The predicted octanol–water partition coefficient (Wildman–Crippen LogP) is 4.47. The number of nitrogens with zero attached hydrogens (tertiary/aromatic N) is 3. The van der Waals surface area contributed by atoms with E-state index in [9.17, 15) is 4.91 Å². The highest BCUT2D eigenvalue weighted by Crippen LogP contribution is 2.34. The van der Waals surface area contributed by atoms with Gasteiger partial charge in [0, 0.05) is 16.7 Å². The van der Waals surface area contributed by atoms with Crippen molar-refractivity contribution < 1.29 is 0 Å². The van der Waals surface area contributed by atoms with Crippen LogP contribution in [0.2, 0.25) is 0 Å². The number of aryl methyl sites for hydroxylation is 1. The van der Waals surface area contributed by atoms with Crippen LogP contribution in [-0.2, 0) is 0 Å². The summed E-state index contributed by atoms with van der Waals surface area (Å²) in [5, 5.41) is 6.34. The van der Waals surface area contributed by atoms with Gasteiger partial charge in [-0.05, 0) is 24.9 Å². The van der Waals surface area contributed by atoms with Crippen molar-refractivity contribution in [2.24, 2.45) is 5.18 Å². The van der Waals surface area contributed by atoms with E-state index in [-0.39, 0.29) is 5.92 Å². The molecule has 0 amide bonds. The van der Waals surface area contributed by atoms with E-state index in [1.165, 1.54) is 5.56 Å². The van der Waals surface area contributed by atoms with Crippen molar-refractivity contribution in [2.45, 2.75) is 33.6 Å². The average molecular weight is 282 g/mol. The lowest BCUT2D eigenvalue weighted by atomic mass is 10.0. The average Bonchev–Trinajstić information content (AvgIpc) is 2.94. The molecular weight excluding hydrogens is 264 g/mol. The minimum atomic E-state index is 0.282. The zero-order chi connectivity index (χ0) is 15.1. The minimum Gasteiger partial charge on any atom is -0.273 e. The van der Waals surface area contributed by atoms with Crippen molar-refractivity contribution in [3.05, 3.63) is 45.9 Å². The topological polar surface area (TPSA) is 62.5 Å². The first kappa shape index (κ1) is 13.5. The van der Waals surface area contributed by atoms with E-state index in [4.69, 9.17) is 0 Å². The molecule has 5 heteroatoms. The molecule has 0 bridgehead atoms. The summed E-state index contributed by atoms with van der Waals surface area (Å²) in [5.74, 6) is 1.43. The number of H-pyrrole nitrogens is 1. The van der Waals surface area contributed by atoms with Gasteiger partial charge in [-0.15, -0.1) is 4.91 Å². The summed E-state index contributed by atoms with van der Waals surface area (Å²) in [4.78, 5) is 15.8. The van der Waals surface area contributed by atoms with E-state index >= 15 is 0 Å². The summed E-state index contributed by atoms with van der Waals surface area (Å²) >= 11 is 0. The van der Waals surface area contributed by atoms with Crippen molar-refractivity contribution >= 4 is 11.5 Å². The Labute approximate surface area is 123 Å². The molecular formula is C16H18N4O. The molecule has 1 N–H and O–H groups in total. The number of benzene rings is 1. The van der Waals surface area contributed by atoms with Crippen molar-refractivity contribution in [1.82, 2.24) is 14.6 Å². The maximum absolute atomic E-state index is 11.1. The van der Waals surface area contributed by atoms with Gasteiger partial charge >= 0.3 is 0 Å². The minimum absolute atomic E-state index is 0.282. The van der Waals surface area contributed by atoms with Gasteiger partial charge in [-0.3, -0.25) is 5.10 Å². The van der Waals surface area contributed by atoms with Crippen LogP contribution in [0.4, 0.5) is 5.82 Å². The number of rotatable bonds is 3. The van der Waals surface area contributed by atoms with Gasteiger partial charge in [0.1, 0.15) is 0 Å². The highest BCUT2D eigenvalue weighted by atomic mass is 16.3. The molecule has 0 aliphatic carbocycles. The van der Waals surface area contributed by atoms with Crippen LogP contribution in [0.25, 0.3) is 17.0 Å². The number of fused-ring (bicyclic) bond motifs is 1. The largest absolute Gasteiger partial charge is 0.273 e. The lowest BCUT2D eigenvalue weighted by Gasteiger charge is -2.02. The van der Waals surface area contributed by atoms with Gasteiger partial charge in [0.25, 0.3) is 0 Å². The Balaban J connectivity index is 2.24. The fraction of sp³-hybridized carbons (Fsp3) is 0.312. The molecule has 3 aromatic rings. The molecule has 5 nitrogen and oxygen atoms in total. The van der Waals surface area contributed by atoms with Crippen LogP contribution >= 0.6 is 0 Å². The fourth-order valence-electron chi connectivity index (χ4n) is 2.77. The normalized spacial score (nSPS) is 11.5. The van der Waals surface area contributed by atoms with E-state index < -0.39 is 0 Å². The molecule has 2 aromatic heterocycles. The highest BCUT2D eigenvalue weighted by molar-refractivity contribution is 5.68. The van der Waals surface area contributed by atoms with Crippen LogP contribution in [0, 0.1) is 18.8 Å². The molecule has 0 radical (unpaired) electrons. The third kappa shape index (κ3) is 2.05. The zero-order valence-electron chi connectivity index (χ0n) is 12.6. The molecule has 0 aliphatic rings. The lowest BCUT2D eigenvalue weighted by Crippen LogP contribution is -1.89. The second-order valence-corrected chi connectivity index (χ2v) is 5.71. The van der Waals surface area contributed by atoms with Gasteiger partial charge in [-0.25, -0.2) is 9.50 Å². The summed E-state index contributed by atoms with van der Waals surface area (Å²) in [6.45, 7) is 8.15. The third-order valence-electron chi connectivity index (χ3n) is 3.83. The Morgan fingerprint density at radius 2 is 1.86 bits per heavy atom. The molecule has 0 saturated heterocycles. The van der Waals surface area contributed by atoms with Gasteiger partial charge in [0.05, 0.1) is 0 Å². The second kappa shape index (κ2) is 4.84. The Bertz CT molecular complexity index is 809. The lowest BCUT2D eigenvalue weighted by molar-refractivity contribution is 0.865. The summed E-state index contributed by atoms with van der Waals surface area (Å²) < 4.78 is 1.69. The molecule has 0 aliphatic heterocycles. The quantitative estimate of drug-likeness (QED) is 0.720. The number of nitroso groups, excluding NO2 is 1. The molecule has 1 aromatic carbocycles. The highest BCUT2D eigenvalue weighted by Gasteiger charge is 2.21. The maximum atomic E-state index is 11.1. The van der Waals surface area contributed by atoms with Crippen LogP contribution in [0.5, 0.6) is 0 Å². The van der Waals surface area contributed by atoms with Gasteiger partial charge in [0.2, 0.25) is 5.82 Å². The number of hydrogen-bond acceptors (Lipinski definition) is 3. The van der Waals surface area contributed by atoms with Crippen molar-refractivity contribution in [3.8, 4) is 11.4 Å². The first-order valence-corrected chi connectivity index (χ1v) is 7.04. The molecule has 2 heterocycles. The van der Waals surface area contributed by atoms with Gasteiger partial charge < -0.3 is 0 Å². The van der Waals surface area contributed by atoms with E-state index in [0.717, 1.165) is 28.2 Å². The molecule has 3 rings (SSSR count). The molecule has 108 valence electrons. The van der Waals surface area contributed by atoms with Crippen LogP contribution < -0.4 is 0 Å². The summed E-state index contributed by atoms with van der Waals surface area (Å²) in [5.41, 5.74) is 4.94. The van der Waals surface area contributed by atoms with Crippen LogP contribution in [-0.4, -0.2) is 14.6 Å². The van der Waals surface area contributed by atoms with Crippen molar-refractivity contribution in [1.29, 1.82) is 0 Å². The van der Waals surface area contributed by atoms with Crippen LogP contribution in [0.3, 0.4) is 0 Å². The van der Waals surface area contributed by atoms with E-state index in [1.54, 1.807) is 4.52 Å². The van der Waals surface area contributed by atoms with Crippen LogP contribution in [0.15, 0.2) is 29.4 Å². The maximum Gasteiger partial charge on any atom is 0.201 e. The Morgan fingerprint density at radius 3 is 2.43 bits per heavy atom. The predicted molar refractivity (Wildman–Crippen MR) is 84.0 cm³/mol. The van der Waals surface area contributed by atoms with Gasteiger partial charge in [-0.1, -0.05) is 43.7 Å². The Morgan fingerprint density at radius 1 is 1.19 bits per heavy atom. The SMILES string of the molecule is Cc1ccc(-c2nc3c(C(C)C)c(C)c(N=O)n3[nH]2)cc1. The Hall–Kier alpha value is -2.43. The zero-order valence-corrected chi connectivity index (χ0v) is 12.6. The smallest absolute Gasteiger partial charge is 0.201 e.